The number of nitrogen functional groups attached to an aromatic ring is 1. The van der Waals surface area contributed by atoms with Crippen LogP contribution in [0.15, 0.2) is 44.7 Å². The minimum Gasteiger partial charge on any atom is -0.543 e. The number of fused-ring (bicyclic) bond motifs is 2. The molecule has 12 nitrogen and oxygen atoms in total. The number of amides is 2. The summed E-state index contributed by atoms with van der Waals surface area (Å²) in [7, 11) is 1.28. The molecule has 2 aliphatic rings. The molecule has 0 aliphatic carbocycles. The van der Waals surface area contributed by atoms with E-state index >= 15 is 0 Å². The van der Waals surface area contributed by atoms with E-state index in [2.05, 4.69) is 15.5 Å². The number of pyridine rings is 1. The zero-order valence-corrected chi connectivity index (χ0v) is 21.6. The van der Waals surface area contributed by atoms with Gasteiger partial charge in [0.05, 0.1) is 22.6 Å². The van der Waals surface area contributed by atoms with Crippen molar-refractivity contribution in [2.24, 2.45) is 5.16 Å². The number of aliphatic carboxylic acids is 1. The summed E-state index contributed by atoms with van der Waals surface area (Å²) in [5.74, 6) is -1.59. The Morgan fingerprint density at radius 3 is 2.86 bits per heavy atom. The Morgan fingerprint density at radius 2 is 2.19 bits per heavy atom. The number of hydrogen-bond acceptors (Lipinski definition) is 11. The van der Waals surface area contributed by atoms with Gasteiger partial charge in [-0.05, 0) is 19.9 Å². The number of hydrogen-bond donors (Lipinski definition) is 2. The van der Waals surface area contributed by atoms with Gasteiger partial charge < -0.3 is 30.2 Å². The van der Waals surface area contributed by atoms with Crippen molar-refractivity contribution in [3.63, 3.8) is 0 Å². The number of furan rings is 1. The number of carbonyl (C=O) groups is 3. The van der Waals surface area contributed by atoms with Crippen LogP contribution in [0.1, 0.15) is 17.0 Å². The summed E-state index contributed by atoms with van der Waals surface area (Å²) in [4.78, 5) is 48.1. The van der Waals surface area contributed by atoms with Crippen LogP contribution in [0.25, 0.3) is 11.0 Å². The summed E-state index contributed by atoms with van der Waals surface area (Å²) in [5.41, 5.74) is 7.75. The maximum atomic E-state index is 13.0. The minimum absolute atomic E-state index is 0.143. The second-order valence-electron chi connectivity index (χ2n) is 8.55. The molecule has 0 saturated carbocycles. The van der Waals surface area contributed by atoms with Crippen molar-refractivity contribution in [1.29, 1.82) is 0 Å². The Morgan fingerprint density at radius 1 is 1.41 bits per heavy atom. The van der Waals surface area contributed by atoms with Gasteiger partial charge in [0.15, 0.2) is 29.8 Å². The fourth-order valence-corrected chi connectivity index (χ4v) is 6.35. The van der Waals surface area contributed by atoms with Gasteiger partial charge in [-0.15, -0.1) is 23.1 Å². The van der Waals surface area contributed by atoms with Gasteiger partial charge in [0.2, 0.25) is 0 Å². The molecule has 192 valence electrons. The summed E-state index contributed by atoms with van der Waals surface area (Å²) in [6.45, 7) is 4.02. The molecule has 0 spiro atoms. The van der Waals surface area contributed by atoms with E-state index in [0.717, 1.165) is 33.6 Å². The molecule has 3 N–H and O–H groups in total. The topological polar surface area (TPSA) is 167 Å². The van der Waals surface area contributed by atoms with E-state index < -0.39 is 29.2 Å². The molecule has 3 aromatic heterocycles. The van der Waals surface area contributed by atoms with Gasteiger partial charge in [-0.25, -0.2) is 4.98 Å². The van der Waals surface area contributed by atoms with Gasteiger partial charge in [0, 0.05) is 16.7 Å². The van der Waals surface area contributed by atoms with E-state index in [1.807, 2.05) is 36.9 Å². The molecule has 14 heteroatoms. The Bertz CT molecular complexity index is 1510. The average molecular weight is 543 g/mol. The number of carboxylic acid groups (broad SMARTS) is 1. The van der Waals surface area contributed by atoms with Gasteiger partial charge >= 0.3 is 0 Å². The Labute approximate surface area is 218 Å². The Hall–Kier alpha value is -3.91. The van der Waals surface area contributed by atoms with Crippen LogP contribution < -0.4 is 20.7 Å². The third-order valence-electron chi connectivity index (χ3n) is 5.97. The van der Waals surface area contributed by atoms with Crippen LogP contribution in [-0.2, 0) is 25.8 Å². The predicted molar refractivity (Wildman–Crippen MR) is 133 cm³/mol. The first-order chi connectivity index (χ1) is 17.7. The van der Waals surface area contributed by atoms with Crippen molar-refractivity contribution in [3.8, 4) is 0 Å². The number of aromatic nitrogens is 2. The molecule has 3 aromatic rings. The molecule has 5 heterocycles. The highest BCUT2D eigenvalue weighted by Crippen LogP contribution is 2.40. The number of nitrogens with one attached hydrogen (secondary N) is 1. The maximum absolute atomic E-state index is 13.0. The predicted octanol–water partition coefficient (Wildman–Crippen LogP) is -0.170. The minimum atomic E-state index is -1.45. The number of carbonyl (C=O) groups excluding carboxylic acids is 3. The number of aryl methyl sites for hydroxylation is 2. The molecule has 0 aromatic carbocycles. The molecule has 1 saturated heterocycles. The van der Waals surface area contributed by atoms with Gasteiger partial charge in [-0.2, -0.15) is 4.57 Å². The fourth-order valence-electron chi connectivity index (χ4n) is 4.47. The standard InChI is InChI=1S/C23H22N6O6S2/c1-10-5-28(6-12-4-11(2)35-18(10)12)7-13-8-36-21-16(20(31)29(21)17(13)22(32)33)26-19(30)15(27-34-3)14-9-37-23(24)25-14/h4-6,9,16,21H,7-8H2,1-3H3,(H3-,24,25,26,30,32,33)/t16?,21-/m0/s1. The quantitative estimate of drug-likeness (QED) is 0.178. The van der Waals surface area contributed by atoms with Crippen LogP contribution >= 0.6 is 23.1 Å². The highest BCUT2D eigenvalue weighted by molar-refractivity contribution is 8.00. The van der Waals surface area contributed by atoms with Crippen LogP contribution in [-0.4, -0.2) is 57.7 Å². The molecular formula is C23H22N6O6S2. The molecule has 2 amide bonds. The Balaban J connectivity index is 1.37. The number of thiazole rings is 1. The molecule has 2 aliphatic heterocycles. The molecular weight excluding hydrogens is 520 g/mol. The third-order valence-corrected chi connectivity index (χ3v) is 7.98. The van der Waals surface area contributed by atoms with Crippen molar-refractivity contribution in [2.45, 2.75) is 31.8 Å². The summed E-state index contributed by atoms with van der Waals surface area (Å²) < 4.78 is 7.58. The molecule has 1 fully saturated rings. The van der Waals surface area contributed by atoms with E-state index in [1.165, 1.54) is 23.8 Å². The van der Waals surface area contributed by atoms with E-state index in [4.69, 9.17) is 15.0 Å². The number of β-lactam (4-membered cyclic amide) rings is 1. The number of rotatable bonds is 7. The normalized spacial score (nSPS) is 19.6. The van der Waals surface area contributed by atoms with Crippen LogP contribution in [0.4, 0.5) is 5.13 Å². The number of oxime groups is 1. The zero-order chi connectivity index (χ0) is 26.4. The van der Waals surface area contributed by atoms with Gasteiger partial charge in [0.1, 0.15) is 35.6 Å². The second kappa shape index (κ2) is 9.52. The monoisotopic (exact) mass is 542 g/mol. The molecule has 0 bridgehead atoms. The first-order valence-electron chi connectivity index (χ1n) is 11.1. The van der Waals surface area contributed by atoms with Crippen LogP contribution in [0.2, 0.25) is 0 Å². The maximum Gasteiger partial charge on any atom is 0.276 e. The highest BCUT2D eigenvalue weighted by atomic mass is 32.2. The highest BCUT2D eigenvalue weighted by Gasteiger charge is 2.53. The smallest absolute Gasteiger partial charge is 0.276 e. The fraction of sp³-hybridized carbons (Fsp3) is 0.304. The summed E-state index contributed by atoms with van der Waals surface area (Å²) in [6, 6.07) is 0.956. The summed E-state index contributed by atoms with van der Waals surface area (Å²) in [5, 5.41) is 20.6. The first kappa shape index (κ1) is 24.8. The van der Waals surface area contributed by atoms with E-state index in [9.17, 15) is 19.5 Å². The zero-order valence-electron chi connectivity index (χ0n) is 20.0. The van der Waals surface area contributed by atoms with Crippen LogP contribution in [0.3, 0.4) is 0 Å². The van der Waals surface area contributed by atoms with Crippen LogP contribution in [0.5, 0.6) is 0 Å². The molecule has 2 atom stereocenters. The van der Waals surface area contributed by atoms with Crippen molar-refractivity contribution in [1.82, 2.24) is 15.2 Å². The van der Waals surface area contributed by atoms with E-state index in [1.54, 1.807) is 5.38 Å². The molecule has 5 rings (SSSR count). The van der Waals surface area contributed by atoms with Gasteiger partial charge in [-0.3, -0.25) is 14.5 Å². The van der Waals surface area contributed by atoms with Crippen LogP contribution in [0, 0.1) is 13.8 Å². The number of nitrogens with two attached hydrogens (primary N) is 1. The SMILES string of the molecule is CON=C(C(=O)NC1C(=O)N2C(C(=O)[O-])=C(C[n+]3cc(C)c4oc(C)cc4c3)CS[C@@H]12)c1csc(N)n1. The van der Waals surface area contributed by atoms with E-state index in [0.29, 0.717) is 11.3 Å². The van der Waals surface area contributed by atoms with Crippen molar-refractivity contribution in [2.75, 3.05) is 18.6 Å². The average Bonchev–Trinajstić information content (AvgIpc) is 3.45. The van der Waals surface area contributed by atoms with E-state index in [-0.39, 0.29) is 28.8 Å². The lowest BCUT2D eigenvalue weighted by Crippen LogP contribution is -2.71. The second-order valence-corrected chi connectivity index (χ2v) is 10.5. The summed E-state index contributed by atoms with van der Waals surface area (Å²) in [6.07, 6.45) is 3.74. The van der Waals surface area contributed by atoms with Crippen molar-refractivity contribution in [3.05, 3.63) is 52.1 Å². The number of anilines is 1. The molecule has 1 unspecified atom stereocenters. The van der Waals surface area contributed by atoms with Crippen molar-refractivity contribution < 1.29 is 33.3 Å². The lowest BCUT2D eigenvalue weighted by Gasteiger charge is -2.50. The van der Waals surface area contributed by atoms with Crippen molar-refractivity contribution >= 4 is 62.7 Å². The Kier molecular flexibility index (Phi) is 6.37. The molecule has 37 heavy (non-hydrogen) atoms. The first-order valence-corrected chi connectivity index (χ1v) is 13.0. The number of thioether (sulfide) groups is 1. The molecule has 0 radical (unpaired) electrons. The summed E-state index contributed by atoms with van der Waals surface area (Å²) >= 11 is 2.48. The largest absolute Gasteiger partial charge is 0.543 e. The lowest BCUT2D eigenvalue weighted by atomic mass is 10.0. The number of carboxylic acids is 1. The van der Waals surface area contributed by atoms with Gasteiger partial charge in [-0.1, -0.05) is 5.16 Å². The van der Waals surface area contributed by atoms with Gasteiger partial charge in [0.25, 0.3) is 11.8 Å². The third kappa shape index (κ3) is 4.42. The lowest BCUT2D eigenvalue weighted by molar-refractivity contribution is -0.688. The number of nitrogens with zero attached hydrogens (tertiary/aromatic N) is 4.